The first-order valence-electron chi connectivity index (χ1n) is 6.57. The topological polar surface area (TPSA) is 29.3 Å². The molecule has 108 valence electrons. The number of hydrogen-bond donors (Lipinski definition) is 1. The molecule has 5 heteroatoms. The van der Waals surface area contributed by atoms with Gasteiger partial charge in [-0.1, -0.05) is 42.3 Å². The molecule has 0 amide bonds. The molecule has 20 heavy (non-hydrogen) atoms. The van der Waals surface area contributed by atoms with Crippen molar-refractivity contribution in [3.05, 3.63) is 56.2 Å². The van der Waals surface area contributed by atoms with Crippen molar-refractivity contribution in [3.63, 3.8) is 0 Å². The summed E-state index contributed by atoms with van der Waals surface area (Å²) in [6, 6.07) is 9.93. The Hall–Kier alpha value is -0.580. The van der Waals surface area contributed by atoms with Crippen LogP contribution in [0.25, 0.3) is 0 Å². The normalized spacial score (nSPS) is 12.8. The Bertz CT molecular complexity index is 543. The highest BCUT2D eigenvalue weighted by Crippen LogP contribution is 2.30. The molecule has 1 aromatic carbocycles. The molecule has 1 unspecified atom stereocenters. The number of nitrogens with zero attached hydrogens (tertiary/aromatic N) is 1. The molecule has 2 aromatic rings. The van der Waals surface area contributed by atoms with Crippen LogP contribution in [0, 0.1) is 0 Å². The Labute approximate surface area is 134 Å². The average molecular weight is 329 g/mol. The standard InChI is InChI=1S/C15H18Cl2N2S/c1-2-19(10-12-4-3-7-20-12)15(9-18)13-6-5-11(16)8-14(13)17/h3-8,15H,2,9-10,18H2,1H3. The van der Waals surface area contributed by atoms with E-state index >= 15 is 0 Å². The number of benzene rings is 1. The van der Waals surface area contributed by atoms with E-state index in [9.17, 15) is 0 Å². The quantitative estimate of drug-likeness (QED) is 0.841. The van der Waals surface area contributed by atoms with Gasteiger partial charge in [-0.25, -0.2) is 0 Å². The fraction of sp³-hybridized carbons (Fsp3) is 0.333. The van der Waals surface area contributed by atoms with Gasteiger partial charge in [-0.05, 0) is 35.7 Å². The molecule has 0 spiro atoms. The SMILES string of the molecule is CCN(Cc1cccs1)C(CN)c1ccc(Cl)cc1Cl. The van der Waals surface area contributed by atoms with Gasteiger partial charge in [0.2, 0.25) is 0 Å². The molecule has 1 atom stereocenters. The maximum absolute atomic E-state index is 6.32. The Balaban J connectivity index is 2.24. The van der Waals surface area contributed by atoms with Crippen LogP contribution in [0.3, 0.4) is 0 Å². The van der Waals surface area contributed by atoms with Crippen molar-refractivity contribution in [1.82, 2.24) is 4.90 Å². The number of thiophene rings is 1. The third-order valence-corrected chi connectivity index (χ3v) is 4.75. The molecule has 2 rings (SSSR count). The number of halogens is 2. The molecule has 0 aliphatic rings. The Morgan fingerprint density at radius 1 is 1.30 bits per heavy atom. The fourth-order valence-electron chi connectivity index (χ4n) is 2.29. The minimum absolute atomic E-state index is 0.104. The zero-order chi connectivity index (χ0) is 14.5. The molecular formula is C15H18Cl2N2S. The van der Waals surface area contributed by atoms with Gasteiger partial charge in [-0.2, -0.15) is 0 Å². The van der Waals surface area contributed by atoms with Crippen molar-refractivity contribution in [1.29, 1.82) is 0 Å². The van der Waals surface area contributed by atoms with Crippen molar-refractivity contribution in [3.8, 4) is 0 Å². The van der Waals surface area contributed by atoms with Crippen LogP contribution in [-0.4, -0.2) is 18.0 Å². The van der Waals surface area contributed by atoms with Crippen LogP contribution in [0.15, 0.2) is 35.7 Å². The van der Waals surface area contributed by atoms with E-state index in [1.54, 1.807) is 17.4 Å². The van der Waals surface area contributed by atoms with Gasteiger partial charge in [0.05, 0.1) is 0 Å². The van der Waals surface area contributed by atoms with E-state index < -0.39 is 0 Å². The zero-order valence-electron chi connectivity index (χ0n) is 11.4. The molecule has 0 fully saturated rings. The van der Waals surface area contributed by atoms with E-state index in [4.69, 9.17) is 28.9 Å². The third kappa shape index (κ3) is 3.74. The second-order valence-electron chi connectivity index (χ2n) is 4.56. The first-order chi connectivity index (χ1) is 9.65. The van der Waals surface area contributed by atoms with Crippen LogP contribution in [0.4, 0.5) is 0 Å². The largest absolute Gasteiger partial charge is 0.329 e. The summed E-state index contributed by atoms with van der Waals surface area (Å²) in [5.74, 6) is 0. The van der Waals surface area contributed by atoms with Crippen LogP contribution in [0.1, 0.15) is 23.4 Å². The lowest BCUT2D eigenvalue weighted by molar-refractivity contribution is 0.205. The van der Waals surface area contributed by atoms with Crippen molar-refractivity contribution in [2.24, 2.45) is 5.73 Å². The monoisotopic (exact) mass is 328 g/mol. The summed E-state index contributed by atoms with van der Waals surface area (Å²) in [4.78, 5) is 3.66. The highest BCUT2D eigenvalue weighted by Gasteiger charge is 2.20. The third-order valence-electron chi connectivity index (χ3n) is 3.33. The Kier molecular flexibility index (Phi) is 5.87. The Morgan fingerprint density at radius 2 is 2.10 bits per heavy atom. The van der Waals surface area contributed by atoms with Crippen LogP contribution >= 0.6 is 34.5 Å². The average Bonchev–Trinajstić information content (AvgIpc) is 2.93. The molecule has 0 saturated carbocycles. The van der Waals surface area contributed by atoms with Crippen molar-refractivity contribution >= 4 is 34.5 Å². The molecule has 2 N–H and O–H groups in total. The number of likely N-dealkylation sites (N-methyl/N-ethyl adjacent to an activating group) is 1. The van der Waals surface area contributed by atoms with E-state index in [1.807, 2.05) is 12.1 Å². The summed E-state index contributed by atoms with van der Waals surface area (Å²) in [6.07, 6.45) is 0. The summed E-state index contributed by atoms with van der Waals surface area (Å²) in [5, 5.41) is 3.42. The molecule has 1 aromatic heterocycles. The van der Waals surface area contributed by atoms with Crippen molar-refractivity contribution in [2.75, 3.05) is 13.1 Å². The lowest BCUT2D eigenvalue weighted by atomic mass is 10.0. The smallest absolute Gasteiger partial charge is 0.0488 e. The van der Waals surface area contributed by atoms with Crippen LogP contribution in [0.2, 0.25) is 10.0 Å². The van der Waals surface area contributed by atoms with E-state index in [0.29, 0.717) is 16.6 Å². The predicted molar refractivity (Wildman–Crippen MR) is 88.7 cm³/mol. The van der Waals surface area contributed by atoms with Gasteiger partial charge >= 0.3 is 0 Å². The molecule has 0 saturated heterocycles. The van der Waals surface area contributed by atoms with E-state index in [-0.39, 0.29) is 6.04 Å². The molecule has 2 nitrogen and oxygen atoms in total. The fourth-order valence-corrected chi connectivity index (χ4v) is 3.55. The second-order valence-corrected chi connectivity index (χ2v) is 6.44. The number of nitrogens with two attached hydrogens (primary N) is 1. The second kappa shape index (κ2) is 7.43. The number of rotatable bonds is 6. The number of hydrogen-bond acceptors (Lipinski definition) is 3. The lowest BCUT2D eigenvalue weighted by Crippen LogP contribution is -2.33. The first-order valence-corrected chi connectivity index (χ1v) is 8.20. The summed E-state index contributed by atoms with van der Waals surface area (Å²) < 4.78 is 0. The molecule has 0 aliphatic heterocycles. The van der Waals surface area contributed by atoms with Crippen molar-refractivity contribution < 1.29 is 0 Å². The molecule has 0 radical (unpaired) electrons. The highest BCUT2D eigenvalue weighted by atomic mass is 35.5. The van der Waals surface area contributed by atoms with Gasteiger partial charge < -0.3 is 5.73 Å². The van der Waals surface area contributed by atoms with Gasteiger partial charge in [-0.15, -0.1) is 11.3 Å². The van der Waals surface area contributed by atoms with Crippen molar-refractivity contribution in [2.45, 2.75) is 19.5 Å². The van der Waals surface area contributed by atoms with Crippen LogP contribution < -0.4 is 5.73 Å². The maximum Gasteiger partial charge on any atom is 0.0488 e. The Morgan fingerprint density at radius 3 is 2.65 bits per heavy atom. The van der Waals surface area contributed by atoms with Gasteiger partial charge in [0.25, 0.3) is 0 Å². The lowest BCUT2D eigenvalue weighted by Gasteiger charge is -2.30. The summed E-state index contributed by atoms with van der Waals surface area (Å²) >= 11 is 14.0. The highest BCUT2D eigenvalue weighted by molar-refractivity contribution is 7.09. The molecular weight excluding hydrogens is 311 g/mol. The van der Waals surface area contributed by atoms with Gasteiger partial charge in [0.15, 0.2) is 0 Å². The van der Waals surface area contributed by atoms with E-state index in [1.165, 1.54) is 4.88 Å². The van der Waals surface area contributed by atoms with E-state index in [2.05, 4.69) is 29.3 Å². The van der Waals surface area contributed by atoms with Gasteiger partial charge in [-0.3, -0.25) is 4.90 Å². The van der Waals surface area contributed by atoms with Crippen LogP contribution in [0.5, 0.6) is 0 Å². The molecule has 1 heterocycles. The first kappa shape index (κ1) is 15.8. The maximum atomic E-state index is 6.32. The summed E-state index contributed by atoms with van der Waals surface area (Å²) in [5.41, 5.74) is 7.03. The summed E-state index contributed by atoms with van der Waals surface area (Å²) in [7, 11) is 0. The van der Waals surface area contributed by atoms with Gasteiger partial charge in [0.1, 0.15) is 0 Å². The minimum Gasteiger partial charge on any atom is -0.329 e. The molecule has 0 bridgehead atoms. The summed E-state index contributed by atoms with van der Waals surface area (Å²) in [6.45, 7) is 4.47. The molecule has 0 aliphatic carbocycles. The van der Waals surface area contributed by atoms with Gasteiger partial charge in [0, 0.05) is 34.1 Å². The minimum atomic E-state index is 0.104. The predicted octanol–water partition coefficient (Wildman–Crippen LogP) is 4.58. The zero-order valence-corrected chi connectivity index (χ0v) is 13.7. The van der Waals surface area contributed by atoms with Crippen LogP contribution in [-0.2, 0) is 6.54 Å². The van der Waals surface area contributed by atoms with E-state index in [0.717, 1.165) is 18.7 Å².